The molecule has 0 aliphatic heterocycles. The SMILES string of the molecule is CCCCC/C=C\C/C=C\CCCCCCCCCC(=O)NC(COP(=O)([O-])OCC[N+](C)(C)C)C(/C=C\CCCCCCCCCCCCC)OC(=O)CC/C=C/C/C=C\CCCCCCCC. The fourth-order valence-corrected chi connectivity index (χ4v) is 8.68. The number of ether oxygens (including phenoxy) is 1. The normalized spacial score (nSPS) is 14.2. The van der Waals surface area contributed by atoms with Crippen LogP contribution >= 0.6 is 7.82 Å². The zero-order valence-electron chi connectivity index (χ0n) is 45.8. The Morgan fingerprint density at radius 1 is 0.507 bits per heavy atom. The maximum atomic E-state index is 13.5. The van der Waals surface area contributed by atoms with E-state index in [0.717, 1.165) is 70.6 Å². The number of nitrogens with one attached hydrogen (secondary N) is 1. The minimum atomic E-state index is -4.71. The Balaban J connectivity index is 5.44. The molecule has 1 amide bonds. The van der Waals surface area contributed by atoms with E-state index in [2.05, 4.69) is 68.6 Å². The van der Waals surface area contributed by atoms with Crippen LogP contribution in [0.5, 0.6) is 0 Å². The van der Waals surface area contributed by atoms with Crippen molar-refractivity contribution in [3.63, 3.8) is 0 Å². The predicted molar refractivity (Wildman–Crippen MR) is 293 cm³/mol. The first-order valence-corrected chi connectivity index (χ1v) is 30.1. The monoisotopic (exact) mass is 989 g/mol. The maximum Gasteiger partial charge on any atom is 0.306 e. The minimum absolute atomic E-state index is 0.0326. The van der Waals surface area contributed by atoms with Gasteiger partial charge in [-0.25, -0.2) is 0 Å². The third kappa shape index (κ3) is 50.4. The number of amides is 1. The number of rotatable bonds is 51. The Labute approximate surface area is 426 Å². The van der Waals surface area contributed by atoms with E-state index in [1.807, 2.05) is 39.4 Å². The predicted octanol–water partition coefficient (Wildman–Crippen LogP) is 16.5. The smallest absolute Gasteiger partial charge is 0.306 e. The Morgan fingerprint density at radius 3 is 1.36 bits per heavy atom. The van der Waals surface area contributed by atoms with E-state index < -0.39 is 32.5 Å². The molecule has 0 spiro atoms. The number of phosphoric acid groups is 1. The first-order valence-electron chi connectivity index (χ1n) is 28.6. The van der Waals surface area contributed by atoms with E-state index in [1.165, 1.54) is 141 Å². The van der Waals surface area contributed by atoms with Crippen LogP contribution in [0.1, 0.15) is 252 Å². The van der Waals surface area contributed by atoms with Crippen LogP contribution in [0.4, 0.5) is 0 Å². The number of phosphoric ester groups is 1. The fraction of sp³-hybridized carbons (Fsp3) is 0.797. The highest BCUT2D eigenvalue weighted by atomic mass is 31.2. The van der Waals surface area contributed by atoms with Gasteiger partial charge in [0.1, 0.15) is 19.3 Å². The van der Waals surface area contributed by atoms with Crippen LogP contribution in [-0.2, 0) is 27.9 Å². The molecule has 0 bridgehead atoms. The Bertz CT molecular complexity index is 1370. The lowest BCUT2D eigenvalue weighted by atomic mass is 10.0. The van der Waals surface area contributed by atoms with E-state index >= 15 is 0 Å². The molecule has 0 aromatic heterocycles. The number of allylic oxidation sites excluding steroid dienone is 9. The van der Waals surface area contributed by atoms with Crippen molar-refractivity contribution in [1.82, 2.24) is 5.32 Å². The third-order valence-electron chi connectivity index (χ3n) is 12.4. The van der Waals surface area contributed by atoms with Gasteiger partial charge >= 0.3 is 5.97 Å². The molecule has 0 saturated heterocycles. The van der Waals surface area contributed by atoms with Gasteiger partial charge < -0.3 is 28.5 Å². The summed E-state index contributed by atoms with van der Waals surface area (Å²) in [6.45, 7) is 6.76. The number of likely N-dealkylation sites (N-methyl/N-ethyl adjacent to an activating group) is 1. The molecular formula is C59H109N2O7P. The molecule has 402 valence electrons. The van der Waals surface area contributed by atoms with Crippen LogP contribution < -0.4 is 10.2 Å². The average molecular weight is 990 g/mol. The van der Waals surface area contributed by atoms with Gasteiger partial charge in [-0.15, -0.1) is 0 Å². The van der Waals surface area contributed by atoms with Crippen LogP contribution in [0.2, 0.25) is 0 Å². The van der Waals surface area contributed by atoms with Crippen molar-refractivity contribution in [3.05, 3.63) is 60.8 Å². The van der Waals surface area contributed by atoms with Crippen molar-refractivity contribution in [2.75, 3.05) is 40.9 Å². The molecule has 10 heteroatoms. The zero-order chi connectivity index (χ0) is 50.8. The Kier molecular flexibility index (Phi) is 47.7. The lowest BCUT2D eigenvalue weighted by molar-refractivity contribution is -0.870. The topological polar surface area (TPSA) is 114 Å². The second kappa shape index (κ2) is 49.3. The molecule has 0 saturated carbocycles. The second-order valence-corrected chi connectivity index (χ2v) is 21.8. The quantitative estimate of drug-likeness (QED) is 0.0212. The van der Waals surface area contributed by atoms with Gasteiger partial charge in [-0.3, -0.25) is 14.2 Å². The molecule has 0 fully saturated rings. The van der Waals surface area contributed by atoms with Crippen molar-refractivity contribution in [1.29, 1.82) is 0 Å². The van der Waals surface area contributed by atoms with Gasteiger partial charge in [-0.1, -0.05) is 217 Å². The number of carbonyl (C=O) groups excluding carboxylic acids is 2. The summed E-state index contributed by atoms with van der Waals surface area (Å²) >= 11 is 0. The van der Waals surface area contributed by atoms with E-state index in [-0.39, 0.29) is 18.9 Å². The van der Waals surface area contributed by atoms with Crippen molar-refractivity contribution in [3.8, 4) is 0 Å². The Morgan fingerprint density at radius 2 is 0.899 bits per heavy atom. The average Bonchev–Trinajstić information content (AvgIpc) is 3.31. The standard InChI is InChI=1S/C59H109N2O7P/c1-7-10-13-16-19-22-25-28-29-30-31-34-36-39-42-45-48-51-58(62)60-56(55-67-69(64,65)66-54-53-61(4,5)6)57(50-47-44-41-38-35-32-26-23-20-17-14-11-8-2)68-59(63)52-49-46-43-40-37-33-27-24-21-18-15-12-9-3/h19,22,28-29,33,37,43,46-47,50,56-57H,7-18,20-21,23-27,30-32,34-36,38-42,44-45,48-49,51-55H2,1-6H3,(H-,60,62,64,65)/b22-19-,29-28-,37-33-,46-43+,50-47-. The highest BCUT2D eigenvalue weighted by molar-refractivity contribution is 7.45. The van der Waals surface area contributed by atoms with Gasteiger partial charge in [0.05, 0.1) is 33.8 Å². The number of hydrogen-bond acceptors (Lipinski definition) is 7. The van der Waals surface area contributed by atoms with Crippen LogP contribution in [0.15, 0.2) is 60.8 Å². The van der Waals surface area contributed by atoms with Crippen LogP contribution in [0.3, 0.4) is 0 Å². The number of esters is 1. The number of quaternary nitrogens is 1. The summed E-state index contributed by atoms with van der Waals surface area (Å²) in [6, 6.07) is -0.914. The molecule has 0 aliphatic carbocycles. The second-order valence-electron chi connectivity index (χ2n) is 20.4. The molecule has 0 radical (unpaired) electrons. The van der Waals surface area contributed by atoms with Gasteiger partial charge in [-0.05, 0) is 83.1 Å². The van der Waals surface area contributed by atoms with Crippen LogP contribution in [0.25, 0.3) is 0 Å². The molecule has 1 N–H and O–H groups in total. The van der Waals surface area contributed by atoms with Gasteiger partial charge in [0.25, 0.3) is 7.82 Å². The molecule has 0 rings (SSSR count). The molecule has 0 aliphatic rings. The molecule has 3 unspecified atom stereocenters. The number of unbranched alkanes of at least 4 members (excludes halogenated alkanes) is 27. The third-order valence-corrected chi connectivity index (χ3v) is 13.4. The van der Waals surface area contributed by atoms with E-state index in [9.17, 15) is 19.0 Å². The molecule has 69 heavy (non-hydrogen) atoms. The van der Waals surface area contributed by atoms with Gasteiger partial charge in [-0.2, -0.15) is 0 Å². The molecule has 0 aromatic rings. The molecule has 9 nitrogen and oxygen atoms in total. The highest BCUT2D eigenvalue weighted by Crippen LogP contribution is 2.38. The maximum absolute atomic E-state index is 13.5. The molecule has 3 atom stereocenters. The highest BCUT2D eigenvalue weighted by Gasteiger charge is 2.27. The van der Waals surface area contributed by atoms with E-state index in [4.69, 9.17) is 13.8 Å². The summed E-state index contributed by atoms with van der Waals surface area (Å²) in [5, 5.41) is 3.00. The minimum Gasteiger partial charge on any atom is -0.756 e. The summed E-state index contributed by atoms with van der Waals surface area (Å²) in [5.74, 6) is -0.627. The zero-order valence-corrected chi connectivity index (χ0v) is 46.7. The van der Waals surface area contributed by atoms with Crippen molar-refractivity contribution < 1.29 is 37.3 Å². The molecular weight excluding hydrogens is 880 g/mol. The van der Waals surface area contributed by atoms with Crippen molar-refractivity contribution in [2.45, 2.75) is 264 Å². The number of nitrogens with zero attached hydrogens (tertiary/aromatic N) is 1. The van der Waals surface area contributed by atoms with Gasteiger partial charge in [0, 0.05) is 12.8 Å². The van der Waals surface area contributed by atoms with E-state index in [1.54, 1.807) is 0 Å². The first kappa shape index (κ1) is 66.7. The summed E-state index contributed by atoms with van der Waals surface area (Å²) in [4.78, 5) is 39.8. The van der Waals surface area contributed by atoms with Gasteiger partial charge in [0.2, 0.25) is 5.91 Å². The fourth-order valence-electron chi connectivity index (χ4n) is 7.96. The molecule has 0 heterocycles. The van der Waals surface area contributed by atoms with Crippen molar-refractivity contribution in [2.24, 2.45) is 0 Å². The van der Waals surface area contributed by atoms with Crippen LogP contribution in [0, 0.1) is 0 Å². The Hall–Kier alpha value is -2.29. The lowest BCUT2D eigenvalue weighted by Crippen LogP contribution is -2.47. The van der Waals surface area contributed by atoms with Gasteiger partial charge in [0.15, 0.2) is 0 Å². The lowest BCUT2D eigenvalue weighted by Gasteiger charge is -2.30. The summed E-state index contributed by atoms with van der Waals surface area (Å²) < 4.78 is 30.2. The first-order chi connectivity index (χ1) is 33.4. The van der Waals surface area contributed by atoms with Crippen molar-refractivity contribution >= 4 is 19.7 Å². The largest absolute Gasteiger partial charge is 0.756 e. The van der Waals surface area contributed by atoms with E-state index in [0.29, 0.717) is 23.9 Å². The summed E-state index contributed by atoms with van der Waals surface area (Å²) in [7, 11) is 1.15. The summed E-state index contributed by atoms with van der Waals surface area (Å²) in [5.41, 5.74) is 0. The number of carbonyl (C=O) groups is 2. The van der Waals surface area contributed by atoms with Crippen LogP contribution in [-0.4, -0.2) is 69.4 Å². The molecule has 0 aromatic carbocycles. The number of hydrogen-bond donors (Lipinski definition) is 1. The summed E-state index contributed by atoms with van der Waals surface area (Å²) in [6.07, 6.45) is 60.5.